The number of nitrogens with two attached hydrogens (primary N) is 1. The van der Waals surface area contributed by atoms with E-state index < -0.39 is 73.0 Å². The number of sulfone groups is 1. The van der Waals surface area contributed by atoms with Crippen molar-refractivity contribution in [1.29, 1.82) is 0 Å². The van der Waals surface area contributed by atoms with Gasteiger partial charge in [-0.3, -0.25) is 4.79 Å². The Kier molecular flexibility index (Phi) is 11.2. The smallest absolute Gasteiger partial charge is 0.475 e. The average Bonchev–Trinajstić information content (AvgIpc) is 2.91. The predicted octanol–water partition coefficient (Wildman–Crippen LogP) is 5.72. The molecule has 1 heterocycles. The third-order valence-electron chi connectivity index (χ3n) is 7.25. The summed E-state index contributed by atoms with van der Waals surface area (Å²) >= 11 is 0. The molecule has 0 aromatic heterocycles. The number of carboxylic acids is 1. The van der Waals surface area contributed by atoms with Crippen molar-refractivity contribution in [2.45, 2.75) is 67.3 Å². The minimum absolute atomic E-state index is 0.0340. The van der Waals surface area contributed by atoms with Gasteiger partial charge < -0.3 is 15.7 Å². The molecule has 3 N–H and O–H groups in total. The molecule has 246 valence electrons. The molecule has 0 aliphatic carbocycles. The lowest BCUT2D eigenvalue weighted by atomic mass is 9.85. The molecule has 3 rings (SSSR count). The Bertz CT molecular complexity index is 1410. The number of alkyl halides is 9. The lowest BCUT2D eigenvalue weighted by Gasteiger charge is -2.40. The molecule has 1 amide bonds. The molecule has 0 unspecified atom stereocenters. The second-order valence-electron chi connectivity index (χ2n) is 10.5. The van der Waals surface area contributed by atoms with E-state index in [2.05, 4.69) is 0 Å². The van der Waals surface area contributed by atoms with Crippen LogP contribution in [0.3, 0.4) is 0 Å². The summed E-state index contributed by atoms with van der Waals surface area (Å²) in [5.41, 5.74) is 4.63. The summed E-state index contributed by atoms with van der Waals surface area (Å²) < 4.78 is 134. The SMILES string of the molecule is CC(C)(C1CCN(C(=O)[C@@H](N)Cc2ccc(C(F)(F)F)cc2)CC1)S(=O)(=O)c1cccc(C(F)(F)F)c1.O=C(O)C(F)(F)F. The Morgan fingerprint density at radius 3 is 1.80 bits per heavy atom. The van der Waals surface area contributed by atoms with Crippen LogP contribution in [0.1, 0.15) is 43.4 Å². The minimum atomic E-state index is -5.08. The number of halogens is 9. The molecule has 17 heteroatoms. The highest BCUT2D eigenvalue weighted by molar-refractivity contribution is 7.92. The van der Waals surface area contributed by atoms with Gasteiger partial charge in [0.25, 0.3) is 0 Å². The van der Waals surface area contributed by atoms with Crippen LogP contribution >= 0.6 is 0 Å². The lowest BCUT2D eigenvalue weighted by Crippen LogP contribution is -2.51. The molecule has 0 radical (unpaired) electrons. The molecule has 0 spiro atoms. The molecule has 2 aromatic rings. The summed E-state index contributed by atoms with van der Waals surface area (Å²) in [6, 6.07) is 7.04. The third kappa shape index (κ3) is 9.09. The molecule has 1 aliphatic rings. The van der Waals surface area contributed by atoms with Crippen molar-refractivity contribution < 1.29 is 62.6 Å². The predicted molar refractivity (Wildman–Crippen MR) is 139 cm³/mol. The van der Waals surface area contributed by atoms with E-state index in [1.54, 1.807) is 0 Å². The summed E-state index contributed by atoms with van der Waals surface area (Å²) in [6.07, 6.45) is -13.6. The first-order valence-corrected chi connectivity index (χ1v) is 14.3. The van der Waals surface area contributed by atoms with Gasteiger partial charge in [0.05, 0.1) is 26.8 Å². The van der Waals surface area contributed by atoms with Crippen LogP contribution in [0, 0.1) is 5.92 Å². The number of nitrogens with zero attached hydrogens (tertiary/aromatic N) is 1. The third-order valence-corrected chi connectivity index (χ3v) is 9.84. The highest BCUT2D eigenvalue weighted by Crippen LogP contribution is 2.39. The average molecular weight is 665 g/mol. The number of hydrogen-bond acceptors (Lipinski definition) is 5. The largest absolute Gasteiger partial charge is 0.490 e. The minimum Gasteiger partial charge on any atom is -0.475 e. The number of likely N-dealkylation sites (tertiary alicyclic amines) is 1. The van der Waals surface area contributed by atoms with Crippen LogP contribution in [-0.2, 0) is 38.2 Å². The number of piperidine rings is 1. The van der Waals surface area contributed by atoms with Crippen molar-refractivity contribution in [3.05, 3.63) is 65.2 Å². The Morgan fingerprint density at radius 1 is 0.886 bits per heavy atom. The quantitative estimate of drug-likeness (QED) is 0.382. The number of benzene rings is 2. The van der Waals surface area contributed by atoms with E-state index in [0.717, 1.165) is 30.3 Å². The van der Waals surface area contributed by atoms with Crippen molar-refractivity contribution in [2.75, 3.05) is 13.1 Å². The molecule has 44 heavy (non-hydrogen) atoms. The van der Waals surface area contributed by atoms with Gasteiger partial charge in [-0.1, -0.05) is 18.2 Å². The van der Waals surface area contributed by atoms with Crippen LogP contribution in [0.5, 0.6) is 0 Å². The van der Waals surface area contributed by atoms with Crippen LogP contribution in [0.15, 0.2) is 53.4 Å². The van der Waals surface area contributed by atoms with Gasteiger partial charge in [0.2, 0.25) is 5.91 Å². The first-order chi connectivity index (χ1) is 19.9. The van der Waals surface area contributed by atoms with Gasteiger partial charge in [-0.2, -0.15) is 39.5 Å². The van der Waals surface area contributed by atoms with Gasteiger partial charge >= 0.3 is 24.5 Å². The van der Waals surface area contributed by atoms with E-state index >= 15 is 0 Å². The fourth-order valence-corrected chi connectivity index (χ4v) is 6.39. The second kappa shape index (κ2) is 13.3. The number of carbonyl (C=O) groups is 2. The lowest BCUT2D eigenvalue weighted by molar-refractivity contribution is -0.192. The van der Waals surface area contributed by atoms with Crippen LogP contribution in [-0.4, -0.2) is 60.4 Å². The maximum absolute atomic E-state index is 13.3. The van der Waals surface area contributed by atoms with Gasteiger partial charge in [0.1, 0.15) is 0 Å². The van der Waals surface area contributed by atoms with E-state index in [0.29, 0.717) is 24.5 Å². The van der Waals surface area contributed by atoms with Gasteiger partial charge in [-0.15, -0.1) is 0 Å². The normalized spacial score (nSPS) is 16.1. The molecule has 1 atom stereocenters. The summed E-state index contributed by atoms with van der Waals surface area (Å²) in [7, 11) is -4.14. The van der Waals surface area contributed by atoms with E-state index in [4.69, 9.17) is 15.6 Å². The summed E-state index contributed by atoms with van der Waals surface area (Å²) in [5.74, 6) is -3.59. The fourth-order valence-electron chi connectivity index (χ4n) is 4.56. The fraction of sp³-hybridized carbons (Fsp3) is 0.481. The first kappa shape index (κ1) is 36.8. The van der Waals surface area contributed by atoms with Crippen LogP contribution < -0.4 is 5.73 Å². The first-order valence-electron chi connectivity index (χ1n) is 12.8. The summed E-state index contributed by atoms with van der Waals surface area (Å²) in [6.45, 7) is 3.35. The van der Waals surface area contributed by atoms with E-state index in [1.165, 1.54) is 30.9 Å². The van der Waals surface area contributed by atoms with Crippen molar-refractivity contribution in [3.8, 4) is 0 Å². The van der Waals surface area contributed by atoms with Crippen molar-refractivity contribution in [3.63, 3.8) is 0 Å². The Labute approximate surface area is 246 Å². The highest BCUT2D eigenvalue weighted by atomic mass is 32.2. The number of aliphatic carboxylic acids is 1. The number of amides is 1. The maximum Gasteiger partial charge on any atom is 0.490 e. The van der Waals surface area contributed by atoms with Gasteiger partial charge in [0.15, 0.2) is 9.84 Å². The maximum atomic E-state index is 13.3. The molecular formula is C27H29F9N2O5S. The number of rotatable bonds is 6. The Balaban J connectivity index is 0.000000860. The summed E-state index contributed by atoms with van der Waals surface area (Å²) in [4.78, 5) is 22.8. The van der Waals surface area contributed by atoms with Crippen LogP contribution in [0.25, 0.3) is 0 Å². The van der Waals surface area contributed by atoms with Gasteiger partial charge in [-0.05, 0) is 74.9 Å². The highest BCUT2D eigenvalue weighted by Gasteiger charge is 2.45. The van der Waals surface area contributed by atoms with Crippen molar-refractivity contribution >= 4 is 21.7 Å². The monoisotopic (exact) mass is 664 g/mol. The molecule has 2 aromatic carbocycles. The van der Waals surface area contributed by atoms with E-state index in [1.807, 2.05) is 0 Å². The molecule has 1 saturated heterocycles. The van der Waals surface area contributed by atoms with Crippen molar-refractivity contribution in [1.82, 2.24) is 4.90 Å². The Morgan fingerprint density at radius 2 is 1.36 bits per heavy atom. The van der Waals surface area contributed by atoms with Gasteiger partial charge in [-0.25, -0.2) is 13.2 Å². The zero-order valence-corrected chi connectivity index (χ0v) is 24.0. The zero-order valence-electron chi connectivity index (χ0n) is 23.2. The zero-order chi connectivity index (χ0) is 33.9. The van der Waals surface area contributed by atoms with E-state index in [9.17, 15) is 52.7 Å². The van der Waals surface area contributed by atoms with Crippen molar-refractivity contribution in [2.24, 2.45) is 11.7 Å². The number of carbonyl (C=O) groups excluding carboxylic acids is 1. The molecule has 1 fully saturated rings. The van der Waals surface area contributed by atoms with Crippen LogP contribution in [0.4, 0.5) is 39.5 Å². The molecule has 7 nitrogen and oxygen atoms in total. The molecular weight excluding hydrogens is 635 g/mol. The number of carboxylic acid groups (broad SMARTS) is 1. The second-order valence-corrected chi connectivity index (χ2v) is 13.1. The van der Waals surface area contributed by atoms with Gasteiger partial charge in [0, 0.05) is 13.1 Å². The van der Waals surface area contributed by atoms with E-state index in [-0.39, 0.29) is 19.5 Å². The standard InChI is InChI=1S/C25H28F6N2O3S.C2HF3O2/c1-23(2,37(35,36)20-5-3-4-19(15-20)25(29,30)31)17-10-12-33(13-11-17)22(34)21(32)14-16-6-8-18(9-7-16)24(26,27)28;3-2(4,5)1(6)7/h3-9,15,17,21H,10-14,32H2,1-2H3;(H,6,7)/t21-;/m0./s1. The molecule has 1 aliphatic heterocycles. The number of hydrogen-bond donors (Lipinski definition) is 2. The Hall–Kier alpha value is -3.34. The summed E-state index contributed by atoms with van der Waals surface area (Å²) in [5, 5.41) is 7.12. The topological polar surface area (TPSA) is 118 Å². The van der Waals surface area contributed by atoms with Crippen LogP contribution in [0.2, 0.25) is 0 Å². The molecule has 0 bridgehead atoms. The molecule has 0 saturated carbocycles.